The highest BCUT2D eigenvalue weighted by molar-refractivity contribution is 5.64. The van der Waals surface area contributed by atoms with E-state index in [1.165, 1.54) is 18.2 Å². The summed E-state index contributed by atoms with van der Waals surface area (Å²) in [7, 11) is 0. The Labute approximate surface area is 128 Å². The van der Waals surface area contributed by atoms with Crippen molar-refractivity contribution in [2.24, 2.45) is 0 Å². The number of H-pyrrole nitrogens is 1. The summed E-state index contributed by atoms with van der Waals surface area (Å²) in [6.45, 7) is 6.64. The van der Waals surface area contributed by atoms with Crippen LogP contribution in [0.15, 0.2) is 24.4 Å². The number of aliphatic hydroxyl groups excluding tert-OH is 1. The first kappa shape index (κ1) is 16.6. The molecule has 4 nitrogen and oxygen atoms in total. The van der Waals surface area contributed by atoms with Crippen LogP contribution in [0.1, 0.15) is 26.3 Å². The average molecular weight is 309 g/mol. The Kier molecular flexibility index (Phi) is 5.26. The fourth-order valence-electron chi connectivity index (χ4n) is 2.40. The first-order chi connectivity index (χ1) is 10.4. The van der Waals surface area contributed by atoms with Crippen molar-refractivity contribution in [2.45, 2.75) is 39.5 Å². The second-order valence-corrected chi connectivity index (χ2v) is 5.74. The van der Waals surface area contributed by atoms with Gasteiger partial charge in [0.2, 0.25) is 0 Å². The molecular formula is C16H21F2N3O. The number of nitrogens with zero attached hydrogens (tertiary/aromatic N) is 2. The van der Waals surface area contributed by atoms with Crippen LogP contribution in [0, 0.1) is 11.6 Å². The van der Waals surface area contributed by atoms with E-state index in [2.05, 4.69) is 10.2 Å². The summed E-state index contributed by atoms with van der Waals surface area (Å²) in [6.07, 6.45) is 1.08. The largest absolute Gasteiger partial charge is 0.392 e. The molecule has 1 unspecified atom stereocenters. The second-order valence-electron chi connectivity index (χ2n) is 5.74. The van der Waals surface area contributed by atoms with E-state index < -0.39 is 17.7 Å². The molecule has 0 aliphatic carbocycles. The molecule has 0 saturated heterocycles. The monoisotopic (exact) mass is 309 g/mol. The molecule has 120 valence electrons. The molecule has 1 heterocycles. The maximum Gasteiger partial charge on any atom is 0.135 e. The van der Waals surface area contributed by atoms with Gasteiger partial charge in [-0.05, 0) is 32.9 Å². The Balaban J connectivity index is 2.33. The topological polar surface area (TPSA) is 52.1 Å². The highest BCUT2D eigenvalue weighted by atomic mass is 19.1. The molecule has 0 aliphatic heterocycles. The molecule has 2 rings (SSSR count). The number of nitrogens with one attached hydrogen (secondary N) is 1. The van der Waals surface area contributed by atoms with Gasteiger partial charge in [-0.2, -0.15) is 5.10 Å². The lowest BCUT2D eigenvalue weighted by Gasteiger charge is -2.27. The summed E-state index contributed by atoms with van der Waals surface area (Å²) >= 11 is 0. The van der Waals surface area contributed by atoms with Crippen molar-refractivity contribution in [3.63, 3.8) is 0 Å². The molecule has 0 bridgehead atoms. The minimum atomic E-state index is -0.628. The summed E-state index contributed by atoms with van der Waals surface area (Å²) in [5.41, 5.74) is 0.931. The van der Waals surface area contributed by atoms with Crippen LogP contribution < -0.4 is 0 Å². The van der Waals surface area contributed by atoms with Gasteiger partial charge in [0.25, 0.3) is 0 Å². The molecule has 0 amide bonds. The van der Waals surface area contributed by atoms with E-state index in [0.29, 0.717) is 24.3 Å². The fraction of sp³-hybridized carbons (Fsp3) is 0.438. The summed E-state index contributed by atoms with van der Waals surface area (Å²) < 4.78 is 27.9. The summed E-state index contributed by atoms with van der Waals surface area (Å²) in [5.74, 6) is -1.26. The molecule has 1 aromatic heterocycles. The van der Waals surface area contributed by atoms with Gasteiger partial charge in [-0.25, -0.2) is 8.78 Å². The average Bonchev–Trinajstić information content (AvgIpc) is 2.85. The van der Waals surface area contributed by atoms with E-state index >= 15 is 0 Å². The Morgan fingerprint density at radius 1 is 1.23 bits per heavy atom. The van der Waals surface area contributed by atoms with Gasteiger partial charge < -0.3 is 5.11 Å². The second kappa shape index (κ2) is 6.98. The van der Waals surface area contributed by atoms with Crippen molar-refractivity contribution < 1.29 is 13.9 Å². The number of rotatable bonds is 6. The van der Waals surface area contributed by atoms with Crippen LogP contribution in [0.5, 0.6) is 0 Å². The smallest absolute Gasteiger partial charge is 0.135 e. The zero-order valence-electron chi connectivity index (χ0n) is 13.0. The van der Waals surface area contributed by atoms with Crippen LogP contribution >= 0.6 is 0 Å². The van der Waals surface area contributed by atoms with Crippen LogP contribution in [0.3, 0.4) is 0 Å². The van der Waals surface area contributed by atoms with E-state index in [9.17, 15) is 13.9 Å². The van der Waals surface area contributed by atoms with Gasteiger partial charge in [-0.1, -0.05) is 6.07 Å². The highest BCUT2D eigenvalue weighted by Crippen LogP contribution is 2.28. The number of benzene rings is 1. The van der Waals surface area contributed by atoms with Crippen LogP contribution in [0.4, 0.5) is 8.78 Å². The summed E-state index contributed by atoms with van der Waals surface area (Å²) in [6, 6.07) is 3.96. The standard InChI is InChI=1S/C16H21F2N3O/c1-10(2)21(8-11(3)22)9-12-7-19-20-16(12)15-13(17)5-4-6-14(15)18/h4-7,10-11,22H,8-9H2,1-3H3,(H,19,20). The Morgan fingerprint density at radius 3 is 2.41 bits per heavy atom. The molecule has 0 saturated carbocycles. The van der Waals surface area contributed by atoms with E-state index in [-0.39, 0.29) is 11.6 Å². The van der Waals surface area contributed by atoms with Crippen molar-refractivity contribution in [3.05, 3.63) is 41.6 Å². The van der Waals surface area contributed by atoms with Crippen LogP contribution in [-0.2, 0) is 6.54 Å². The quantitative estimate of drug-likeness (QED) is 0.862. The molecule has 2 N–H and O–H groups in total. The molecule has 0 aliphatic rings. The van der Waals surface area contributed by atoms with Crippen LogP contribution in [0.2, 0.25) is 0 Å². The van der Waals surface area contributed by atoms with Gasteiger partial charge in [0.15, 0.2) is 0 Å². The Bertz CT molecular complexity index is 605. The van der Waals surface area contributed by atoms with Crippen molar-refractivity contribution in [1.29, 1.82) is 0 Å². The van der Waals surface area contributed by atoms with Crippen LogP contribution in [-0.4, -0.2) is 38.9 Å². The summed E-state index contributed by atoms with van der Waals surface area (Å²) in [5, 5.41) is 16.2. The van der Waals surface area contributed by atoms with Crippen molar-refractivity contribution in [1.82, 2.24) is 15.1 Å². The molecule has 2 aromatic rings. The maximum atomic E-state index is 14.0. The fourth-order valence-corrected chi connectivity index (χ4v) is 2.40. The zero-order chi connectivity index (χ0) is 16.3. The number of aliphatic hydroxyl groups is 1. The zero-order valence-corrected chi connectivity index (χ0v) is 13.0. The van der Waals surface area contributed by atoms with Gasteiger partial charge >= 0.3 is 0 Å². The minimum absolute atomic E-state index is 0.101. The molecule has 22 heavy (non-hydrogen) atoms. The molecule has 1 atom stereocenters. The first-order valence-corrected chi connectivity index (χ1v) is 7.29. The maximum absolute atomic E-state index is 14.0. The predicted molar refractivity (Wildman–Crippen MR) is 81.2 cm³/mol. The lowest BCUT2D eigenvalue weighted by molar-refractivity contribution is 0.103. The lowest BCUT2D eigenvalue weighted by atomic mass is 10.1. The Hall–Kier alpha value is -1.79. The van der Waals surface area contributed by atoms with Gasteiger partial charge in [-0.15, -0.1) is 0 Å². The lowest BCUT2D eigenvalue weighted by Crippen LogP contribution is -2.36. The van der Waals surface area contributed by atoms with Crippen molar-refractivity contribution in [3.8, 4) is 11.3 Å². The van der Waals surface area contributed by atoms with E-state index in [4.69, 9.17) is 0 Å². The molecule has 0 fully saturated rings. The van der Waals surface area contributed by atoms with Gasteiger partial charge in [0, 0.05) is 24.7 Å². The van der Waals surface area contributed by atoms with E-state index in [1.807, 2.05) is 18.7 Å². The number of halogens is 2. The first-order valence-electron chi connectivity index (χ1n) is 7.29. The third-order valence-electron chi connectivity index (χ3n) is 3.53. The Morgan fingerprint density at radius 2 is 1.86 bits per heavy atom. The number of aromatic nitrogens is 2. The van der Waals surface area contributed by atoms with Crippen molar-refractivity contribution in [2.75, 3.05) is 6.54 Å². The number of aromatic amines is 1. The SMILES string of the molecule is CC(O)CN(Cc1cn[nH]c1-c1c(F)cccc1F)C(C)C. The van der Waals surface area contributed by atoms with Crippen LogP contribution in [0.25, 0.3) is 11.3 Å². The summed E-state index contributed by atoms with van der Waals surface area (Å²) in [4.78, 5) is 2.03. The van der Waals surface area contributed by atoms with Gasteiger partial charge in [-0.3, -0.25) is 10.00 Å². The number of hydrogen-bond donors (Lipinski definition) is 2. The highest BCUT2D eigenvalue weighted by Gasteiger charge is 2.20. The molecular weight excluding hydrogens is 288 g/mol. The predicted octanol–water partition coefficient (Wildman–Crippen LogP) is 2.95. The third kappa shape index (κ3) is 3.69. The normalized spacial score (nSPS) is 13.1. The molecule has 0 spiro atoms. The van der Waals surface area contributed by atoms with E-state index in [1.54, 1.807) is 13.1 Å². The van der Waals surface area contributed by atoms with Gasteiger partial charge in [0.1, 0.15) is 11.6 Å². The van der Waals surface area contributed by atoms with Crippen molar-refractivity contribution >= 4 is 0 Å². The number of hydrogen-bond acceptors (Lipinski definition) is 3. The molecule has 1 aromatic carbocycles. The third-order valence-corrected chi connectivity index (χ3v) is 3.53. The van der Waals surface area contributed by atoms with E-state index in [0.717, 1.165) is 0 Å². The molecule has 0 radical (unpaired) electrons. The minimum Gasteiger partial charge on any atom is -0.392 e. The van der Waals surface area contributed by atoms with Gasteiger partial charge in [0.05, 0.1) is 23.6 Å². The molecule has 6 heteroatoms.